The number of carbonyl (C=O) groups excluding carboxylic acids is 2. The van der Waals surface area contributed by atoms with Crippen LogP contribution in [-0.4, -0.2) is 40.4 Å². The first-order chi connectivity index (χ1) is 14.4. The fraction of sp³-hybridized carbons (Fsp3) is 0.238. The maximum absolute atomic E-state index is 12.6. The normalized spacial score (nSPS) is 10.4. The predicted molar refractivity (Wildman–Crippen MR) is 112 cm³/mol. The second-order valence-corrected chi connectivity index (χ2v) is 6.52. The Balaban J connectivity index is 1.68. The summed E-state index contributed by atoms with van der Waals surface area (Å²) in [6.45, 7) is 3.20. The molecule has 2 aromatic heterocycles. The van der Waals surface area contributed by atoms with Crippen LogP contribution in [0.3, 0.4) is 0 Å². The molecule has 1 amide bonds. The van der Waals surface area contributed by atoms with Gasteiger partial charge in [0.25, 0.3) is 5.91 Å². The van der Waals surface area contributed by atoms with E-state index in [9.17, 15) is 9.59 Å². The summed E-state index contributed by atoms with van der Waals surface area (Å²) in [6, 6.07) is 10.4. The van der Waals surface area contributed by atoms with Crippen molar-refractivity contribution in [3.63, 3.8) is 0 Å². The van der Waals surface area contributed by atoms with Gasteiger partial charge in [-0.25, -0.2) is 9.78 Å². The fourth-order valence-corrected chi connectivity index (χ4v) is 2.88. The number of hydrogen-bond acceptors (Lipinski definition) is 7. The summed E-state index contributed by atoms with van der Waals surface area (Å²) in [5.41, 5.74) is 2.95. The van der Waals surface area contributed by atoms with E-state index in [4.69, 9.17) is 9.47 Å². The number of aryl methyl sites for hydroxylation is 2. The largest absolute Gasteiger partial charge is 0.495 e. The number of anilines is 3. The van der Waals surface area contributed by atoms with Crippen molar-refractivity contribution in [1.29, 1.82) is 0 Å². The van der Waals surface area contributed by atoms with Crippen LogP contribution >= 0.6 is 0 Å². The van der Waals surface area contributed by atoms with Gasteiger partial charge in [-0.3, -0.25) is 9.48 Å². The van der Waals surface area contributed by atoms with E-state index in [-0.39, 0.29) is 5.56 Å². The monoisotopic (exact) mass is 409 g/mol. The zero-order valence-electron chi connectivity index (χ0n) is 17.2. The molecular formula is C21H23N5O4. The third kappa shape index (κ3) is 4.57. The third-order valence-corrected chi connectivity index (χ3v) is 4.50. The first-order valence-electron chi connectivity index (χ1n) is 9.23. The molecule has 9 heteroatoms. The molecule has 0 atom stereocenters. The van der Waals surface area contributed by atoms with Crippen molar-refractivity contribution in [2.75, 3.05) is 24.4 Å². The number of ether oxygens (including phenoxy) is 2. The number of nitrogens with one attached hydrogen (secondary N) is 2. The van der Waals surface area contributed by atoms with E-state index in [1.54, 1.807) is 56.2 Å². The number of benzene rings is 1. The molecule has 0 unspecified atom stereocenters. The van der Waals surface area contributed by atoms with Gasteiger partial charge in [0.2, 0.25) is 0 Å². The smallest absolute Gasteiger partial charge is 0.342 e. The van der Waals surface area contributed by atoms with Crippen molar-refractivity contribution in [2.24, 2.45) is 7.05 Å². The lowest BCUT2D eigenvalue weighted by atomic mass is 10.2. The highest BCUT2D eigenvalue weighted by molar-refractivity contribution is 5.98. The molecule has 0 radical (unpaired) electrons. The molecule has 1 aromatic carbocycles. The molecule has 3 rings (SSSR count). The Morgan fingerprint density at radius 1 is 1.13 bits per heavy atom. The van der Waals surface area contributed by atoms with Crippen molar-refractivity contribution >= 4 is 29.1 Å². The van der Waals surface area contributed by atoms with Crippen molar-refractivity contribution < 1.29 is 19.1 Å². The Bertz CT molecular complexity index is 1080. The van der Waals surface area contributed by atoms with Crippen LogP contribution in [0, 0.1) is 13.8 Å². The van der Waals surface area contributed by atoms with Gasteiger partial charge in [-0.2, -0.15) is 5.10 Å². The number of methoxy groups -OCH3 is 1. The minimum atomic E-state index is -0.671. The number of rotatable bonds is 7. The third-order valence-electron chi connectivity index (χ3n) is 4.50. The second kappa shape index (κ2) is 9.08. The molecule has 9 nitrogen and oxygen atoms in total. The Labute approximate surface area is 174 Å². The summed E-state index contributed by atoms with van der Waals surface area (Å²) in [5, 5.41) is 10.0. The second-order valence-electron chi connectivity index (χ2n) is 6.52. The van der Waals surface area contributed by atoms with Crippen molar-refractivity contribution in [3.05, 3.63) is 59.5 Å². The average Bonchev–Trinajstić information content (AvgIpc) is 2.98. The number of esters is 1. The van der Waals surface area contributed by atoms with Gasteiger partial charge in [0.1, 0.15) is 17.1 Å². The Kier molecular flexibility index (Phi) is 6.31. The van der Waals surface area contributed by atoms with E-state index < -0.39 is 18.5 Å². The van der Waals surface area contributed by atoms with E-state index in [0.29, 0.717) is 28.6 Å². The molecule has 0 aliphatic rings. The predicted octanol–water partition coefficient (Wildman–Crippen LogP) is 2.98. The van der Waals surface area contributed by atoms with E-state index in [1.807, 2.05) is 19.1 Å². The highest BCUT2D eigenvalue weighted by Crippen LogP contribution is 2.27. The zero-order chi connectivity index (χ0) is 21.7. The molecular weight excluding hydrogens is 386 g/mol. The lowest BCUT2D eigenvalue weighted by Gasteiger charge is -2.13. The van der Waals surface area contributed by atoms with Crippen LogP contribution in [0.15, 0.2) is 42.6 Å². The van der Waals surface area contributed by atoms with Gasteiger partial charge in [-0.15, -0.1) is 0 Å². The standard InChI is InChI=1S/C21H23N5O4/c1-13-19(14(2)26(3)25-13)24-18(27)12-30-21(28)15-8-7-11-22-20(15)23-16-9-5-6-10-17(16)29-4/h5-11H,12H2,1-4H3,(H,22,23)(H,24,27). The van der Waals surface area contributed by atoms with E-state index in [1.165, 1.54) is 0 Å². The summed E-state index contributed by atoms with van der Waals surface area (Å²) >= 11 is 0. The van der Waals surface area contributed by atoms with E-state index >= 15 is 0 Å². The molecule has 30 heavy (non-hydrogen) atoms. The van der Waals surface area contributed by atoms with E-state index in [0.717, 1.165) is 5.69 Å². The molecule has 0 fully saturated rings. The van der Waals surface area contributed by atoms with Gasteiger partial charge in [-0.1, -0.05) is 12.1 Å². The van der Waals surface area contributed by atoms with Crippen molar-refractivity contribution in [1.82, 2.24) is 14.8 Å². The lowest BCUT2D eigenvalue weighted by molar-refractivity contribution is -0.119. The summed E-state index contributed by atoms with van der Waals surface area (Å²) < 4.78 is 12.2. The SMILES string of the molecule is COc1ccccc1Nc1ncccc1C(=O)OCC(=O)Nc1c(C)nn(C)c1C. The molecule has 156 valence electrons. The number of nitrogens with zero attached hydrogens (tertiary/aromatic N) is 3. The summed E-state index contributed by atoms with van der Waals surface area (Å²) in [5.74, 6) is -0.226. The Morgan fingerprint density at radius 2 is 1.90 bits per heavy atom. The van der Waals surface area contributed by atoms with Crippen LogP contribution in [0.5, 0.6) is 5.75 Å². The molecule has 0 aliphatic carbocycles. The quantitative estimate of drug-likeness (QED) is 0.578. The number of amides is 1. The number of para-hydroxylation sites is 2. The Morgan fingerprint density at radius 3 is 2.60 bits per heavy atom. The molecule has 0 aliphatic heterocycles. The number of carbonyl (C=O) groups is 2. The van der Waals surface area contributed by atoms with E-state index in [2.05, 4.69) is 20.7 Å². The van der Waals surface area contributed by atoms with Crippen LogP contribution in [-0.2, 0) is 16.6 Å². The van der Waals surface area contributed by atoms with Gasteiger partial charge < -0.3 is 20.1 Å². The first kappa shape index (κ1) is 20.8. The molecule has 0 spiro atoms. The minimum absolute atomic E-state index is 0.199. The van der Waals surface area contributed by atoms with Crippen LogP contribution in [0.1, 0.15) is 21.7 Å². The summed E-state index contributed by atoms with van der Waals surface area (Å²) in [4.78, 5) is 29.0. The van der Waals surface area contributed by atoms with Crippen LogP contribution in [0.4, 0.5) is 17.2 Å². The van der Waals surface area contributed by atoms with Gasteiger partial charge in [0, 0.05) is 13.2 Å². The summed E-state index contributed by atoms with van der Waals surface area (Å²) in [6.07, 6.45) is 1.55. The molecule has 0 bridgehead atoms. The van der Waals surface area contributed by atoms with Crippen molar-refractivity contribution in [2.45, 2.75) is 13.8 Å². The number of aromatic nitrogens is 3. The lowest BCUT2D eigenvalue weighted by Crippen LogP contribution is -2.22. The van der Waals surface area contributed by atoms with Crippen LogP contribution in [0.25, 0.3) is 0 Å². The van der Waals surface area contributed by atoms with Crippen LogP contribution < -0.4 is 15.4 Å². The maximum Gasteiger partial charge on any atom is 0.342 e. The molecule has 0 saturated heterocycles. The minimum Gasteiger partial charge on any atom is -0.495 e. The molecule has 0 saturated carbocycles. The van der Waals surface area contributed by atoms with Gasteiger partial charge in [0.05, 0.1) is 29.9 Å². The highest BCUT2D eigenvalue weighted by atomic mass is 16.5. The highest BCUT2D eigenvalue weighted by Gasteiger charge is 2.18. The van der Waals surface area contributed by atoms with Gasteiger partial charge in [0.15, 0.2) is 6.61 Å². The Hall–Kier alpha value is -3.88. The number of pyridine rings is 1. The first-order valence-corrected chi connectivity index (χ1v) is 9.23. The molecule has 2 heterocycles. The average molecular weight is 409 g/mol. The van der Waals surface area contributed by atoms with Crippen LogP contribution in [0.2, 0.25) is 0 Å². The summed E-state index contributed by atoms with van der Waals surface area (Å²) in [7, 11) is 3.34. The van der Waals surface area contributed by atoms with Gasteiger partial charge in [-0.05, 0) is 38.1 Å². The maximum atomic E-state index is 12.6. The number of hydrogen-bond donors (Lipinski definition) is 2. The zero-order valence-corrected chi connectivity index (χ0v) is 17.2. The topological polar surface area (TPSA) is 107 Å². The molecule has 2 N–H and O–H groups in total. The van der Waals surface area contributed by atoms with Crippen molar-refractivity contribution in [3.8, 4) is 5.75 Å². The fourth-order valence-electron chi connectivity index (χ4n) is 2.88. The van der Waals surface area contributed by atoms with Gasteiger partial charge >= 0.3 is 5.97 Å². The molecule has 3 aromatic rings.